The number of nitrogens with zero attached hydrogens (tertiary/aromatic N) is 3. The Bertz CT molecular complexity index is 770. The lowest BCUT2D eigenvalue weighted by molar-refractivity contribution is 0.0629. The molecule has 154 valence electrons. The Labute approximate surface area is 170 Å². The third kappa shape index (κ3) is 4.57. The summed E-state index contributed by atoms with van der Waals surface area (Å²) >= 11 is 0. The van der Waals surface area contributed by atoms with Gasteiger partial charge in [-0.25, -0.2) is 0 Å². The summed E-state index contributed by atoms with van der Waals surface area (Å²) in [5, 5.41) is 15.6. The first-order valence-corrected chi connectivity index (χ1v) is 13.1. The van der Waals surface area contributed by atoms with E-state index in [2.05, 4.69) is 68.1 Å². The van der Waals surface area contributed by atoms with Crippen molar-refractivity contribution in [3.05, 3.63) is 53.9 Å². The fourth-order valence-corrected chi connectivity index (χ4v) is 5.13. The minimum absolute atomic E-state index is 0.0189. The van der Waals surface area contributed by atoms with Gasteiger partial charge in [0.05, 0.1) is 11.8 Å². The van der Waals surface area contributed by atoms with Crippen molar-refractivity contribution in [2.24, 2.45) is 7.05 Å². The van der Waals surface area contributed by atoms with Crippen LogP contribution in [0.2, 0.25) is 18.1 Å². The molecule has 1 N–H and O–H groups in total. The Morgan fingerprint density at radius 2 is 1.89 bits per heavy atom. The van der Waals surface area contributed by atoms with Crippen LogP contribution < -0.4 is 0 Å². The molecule has 0 aliphatic carbocycles. The first-order chi connectivity index (χ1) is 13.1. The summed E-state index contributed by atoms with van der Waals surface area (Å²) in [6, 6.07) is 12.4. The maximum absolute atomic E-state index is 11.2. The van der Waals surface area contributed by atoms with E-state index in [0.717, 1.165) is 25.2 Å². The molecule has 6 heteroatoms. The summed E-state index contributed by atoms with van der Waals surface area (Å²) in [4.78, 5) is 2.38. The summed E-state index contributed by atoms with van der Waals surface area (Å²) in [6.07, 6.45) is 2.16. The number of hydrogen-bond donors (Lipinski definition) is 1. The summed E-state index contributed by atoms with van der Waals surface area (Å²) in [6.45, 7) is 13.1. The fourth-order valence-electron chi connectivity index (χ4n) is 3.77. The molecule has 1 aromatic carbocycles. The van der Waals surface area contributed by atoms with E-state index < -0.39 is 14.4 Å². The average molecular weight is 402 g/mol. The maximum atomic E-state index is 11.2. The lowest BCUT2D eigenvalue weighted by atomic mass is 10.0. The number of benzene rings is 1. The van der Waals surface area contributed by atoms with Crippen molar-refractivity contribution >= 4 is 8.32 Å². The van der Waals surface area contributed by atoms with Crippen LogP contribution in [-0.4, -0.2) is 46.8 Å². The highest BCUT2D eigenvalue weighted by Crippen LogP contribution is 2.40. The quantitative estimate of drug-likeness (QED) is 0.740. The zero-order chi connectivity index (χ0) is 20.5. The number of aryl methyl sites for hydroxylation is 1. The van der Waals surface area contributed by atoms with Crippen LogP contribution >= 0.6 is 0 Å². The van der Waals surface area contributed by atoms with E-state index in [1.54, 1.807) is 10.9 Å². The van der Waals surface area contributed by atoms with Gasteiger partial charge in [-0.05, 0) is 36.2 Å². The van der Waals surface area contributed by atoms with Gasteiger partial charge in [-0.3, -0.25) is 9.58 Å². The Morgan fingerprint density at radius 3 is 2.46 bits per heavy atom. The Kier molecular flexibility index (Phi) is 6.15. The minimum Gasteiger partial charge on any atom is -0.413 e. The molecule has 1 aliphatic rings. The summed E-state index contributed by atoms with van der Waals surface area (Å²) in [5.41, 5.74) is 2.12. The van der Waals surface area contributed by atoms with Crippen LogP contribution in [0, 0.1) is 0 Å². The second-order valence-corrected chi connectivity index (χ2v) is 14.3. The highest BCUT2D eigenvalue weighted by atomic mass is 28.4. The lowest BCUT2D eigenvalue weighted by Gasteiger charge is -2.38. The first kappa shape index (κ1) is 21.2. The predicted molar refractivity (Wildman–Crippen MR) is 115 cm³/mol. The first-order valence-electron chi connectivity index (χ1n) is 10.2. The molecular formula is C22H35N3O2Si. The van der Waals surface area contributed by atoms with Crippen LogP contribution in [0.3, 0.4) is 0 Å². The van der Waals surface area contributed by atoms with E-state index in [1.807, 2.05) is 19.2 Å². The predicted octanol–water partition coefficient (Wildman–Crippen LogP) is 4.12. The molecular weight excluding hydrogens is 366 g/mol. The molecule has 3 atom stereocenters. The van der Waals surface area contributed by atoms with Gasteiger partial charge in [-0.2, -0.15) is 5.10 Å². The highest BCUT2D eigenvalue weighted by molar-refractivity contribution is 6.74. The topological polar surface area (TPSA) is 50.5 Å². The standard InChI is InChI=1S/C22H35N3O2Si/c1-22(2,3)28(5,6)27-18-14-20(21(26)19-12-13-23-24(19)4)25(16-18)15-17-10-8-7-9-11-17/h7-13,18,20-21,26H,14-16H2,1-6H3/t18-,20+,21?/m1/s1. The third-order valence-electron chi connectivity index (χ3n) is 6.43. The smallest absolute Gasteiger partial charge is 0.192 e. The Hall–Kier alpha value is -1.47. The molecule has 2 aromatic rings. The fraction of sp³-hybridized carbons (Fsp3) is 0.591. The maximum Gasteiger partial charge on any atom is 0.192 e. The van der Waals surface area contributed by atoms with Crippen molar-refractivity contribution in [2.75, 3.05) is 6.54 Å². The third-order valence-corrected chi connectivity index (χ3v) is 11.0. The normalized spacial score (nSPS) is 22.5. The van der Waals surface area contributed by atoms with Crippen molar-refractivity contribution in [1.82, 2.24) is 14.7 Å². The number of hydrogen-bond acceptors (Lipinski definition) is 4. The van der Waals surface area contributed by atoms with E-state index in [9.17, 15) is 5.11 Å². The van der Waals surface area contributed by atoms with Gasteiger partial charge in [-0.15, -0.1) is 0 Å². The van der Waals surface area contributed by atoms with Crippen LogP contribution in [0.15, 0.2) is 42.6 Å². The molecule has 1 saturated heterocycles. The Balaban J connectivity index is 1.81. The van der Waals surface area contributed by atoms with Crippen molar-refractivity contribution < 1.29 is 9.53 Å². The molecule has 0 radical (unpaired) electrons. The molecule has 0 bridgehead atoms. The molecule has 1 aliphatic heterocycles. The molecule has 1 aromatic heterocycles. The van der Waals surface area contributed by atoms with E-state index in [0.29, 0.717) is 0 Å². The summed E-state index contributed by atoms with van der Waals surface area (Å²) in [5.74, 6) is 0. The number of rotatable bonds is 6. The summed E-state index contributed by atoms with van der Waals surface area (Å²) < 4.78 is 8.49. The molecule has 1 fully saturated rings. The Morgan fingerprint density at radius 1 is 1.21 bits per heavy atom. The average Bonchev–Trinajstić information content (AvgIpc) is 3.20. The lowest BCUT2D eigenvalue weighted by Crippen LogP contribution is -2.44. The van der Waals surface area contributed by atoms with E-state index >= 15 is 0 Å². The minimum atomic E-state index is -1.86. The van der Waals surface area contributed by atoms with Gasteiger partial charge in [0.25, 0.3) is 0 Å². The number of aliphatic hydroxyl groups excluding tert-OH is 1. The summed E-state index contributed by atoms with van der Waals surface area (Å²) in [7, 11) is 0.0286. The van der Waals surface area contributed by atoms with Gasteiger partial charge < -0.3 is 9.53 Å². The zero-order valence-electron chi connectivity index (χ0n) is 18.1. The van der Waals surface area contributed by atoms with Crippen LogP contribution in [0.4, 0.5) is 0 Å². The SMILES string of the molecule is Cn1nccc1C(O)[C@@H]1C[C@@H](O[Si](C)(C)C(C)(C)C)CN1Cc1ccccc1. The van der Waals surface area contributed by atoms with Gasteiger partial charge in [0.2, 0.25) is 0 Å². The molecule has 0 amide bonds. The van der Waals surface area contributed by atoms with E-state index in [4.69, 9.17) is 4.43 Å². The van der Waals surface area contributed by atoms with Crippen molar-refractivity contribution in [2.45, 2.75) is 70.1 Å². The van der Waals surface area contributed by atoms with Crippen LogP contribution in [0.1, 0.15) is 44.6 Å². The van der Waals surface area contributed by atoms with Crippen molar-refractivity contribution in [3.8, 4) is 0 Å². The van der Waals surface area contributed by atoms with Crippen molar-refractivity contribution in [1.29, 1.82) is 0 Å². The largest absolute Gasteiger partial charge is 0.413 e. The monoisotopic (exact) mass is 401 g/mol. The second-order valence-electron chi connectivity index (χ2n) is 9.54. The highest BCUT2D eigenvalue weighted by Gasteiger charge is 2.44. The second kappa shape index (κ2) is 8.11. The van der Waals surface area contributed by atoms with Crippen LogP contribution in [0.25, 0.3) is 0 Å². The van der Waals surface area contributed by atoms with E-state index in [1.165, 1.54) is 5.56 Å². The molecule has 28 heavy (non-hydrogen) atoms. The molecule has 5 nitrogen and oxygen atoms in total. The van der Waals surface area contributed by atoms with E-state index in [-0.39, 0.29) is 17.2 Å². The number of aromatic nitrogens is 2. The zero-order valence-corrected chi connectivity index (χ0v) is 19.1. The van der Waals surface area contributed by atoms with Gasteiger partial charge >= 0.3 is 0 Å². The van der Waals surface area contributed by atoms with Crippen LogP contribution in [0.5, 0.6) is 0 Å². The molecule has 2 heterocycles. The number of aliphatic hydroxyl groups is 1. The van der Waals surface area contributed by atoms with Crippen LogP contribution in [-0.2, 0) is 18.0 Å². The number of likely N-dealkylation sites (tertiary alicyclic amines) is 1. The molecule has 0 spiro atoms. The molecule has 1 unspecified atom stereocenters. The van der Waals surface area contributed by atoms with Gasteiger partial charge in [0, 0.05) is 32.4 Å². The van der Waals surface area contributed by atoms with Gasteiger partial charge in [0.1, 0.15) is 6.10 Å². The van der Waals surface area contributed by atoms with Gasteiger partial charge in [0.15, 0.2) is 8.32 Å². The van der Waals surface area contributed by atoms with Crippen molar-refractivity contribution in [3.63, 3.8) is 0 Å². The molecule has 0 saturated carbocycles. The van der Waals surface area contributed by atoms with Gasteiger partial charge in [-0.1, -0.05) is 51.1 Å². The molecule has 3 rings (SSSR count).